The van der Waals surface area contributed by atoms with Crippen LogP contribution in [0.15, 0.2) is 30.3 Å². The van der Waals surface area contributed by atoms with Crippen LogP contribution in [0.3, 0.4) is 0 Å². The van der Waals surface area contributed by atoms with Gasteiger partial charge in [-0.25, -0.2) is 0 Å². The van der Waals surface area contributed by atoms with Crippen LogP contribution in [0.5, 0.6) is 28.7 Å². The summed E-state index contributed by atoms with van der Waals surface area (Å²) in [7, 11) is 1.45. The number of benzene rings is 2. The van der Waals surface area contributed by atoms with Crippen molar-refractivity contribution in [3.63, 3.8) is 0 Å². The molecule has 2 aromatic rings. The van der Waals surface area contributed by atoms with Gasteiger partial charge in [-0.2, -0.15) is 0 Å². The molecule has 0 aromatic heterocycles. The predicted molar refractivity (Wildman–Crippen MR) is 95.6 cm³/mol. The highest BCUT2D eigenvalue weighted by atomic mass is 16.6. The quantitative estimate of drug-likeness (QED) is 0.626. The molecule has 7 heteroatoms. The molecule has 0 unspecified atom stereocenters. The Labute approximate surface area is 156 Å². The Morgan fingerprint density at radius 2 is 1.93 bits per heavy atom. The number of aromatic hydroxyl groups is 2. The van der Waals surface area contributed by atoms with Crippen molar-refractivity contribution >= 4 is 11.8 Å². The highest BCUT2D eigenvalue weighted by Crippen LogP contribution is 2.42. The number of carbonyl (C=O) groups is 2. The second kappa shape index (κ2) is 7.19. The average Bonchev–Trinajstić information content (AvgIpc) is 2.60. The van der Waals surface area contributed by atoms with Gasteiger partial charge in [-0.05, 0) is 17.7 Å². The molecule has 7 nitrogen and oxygen atoms in total. The summed E-state index contributed by atoms with van der Waals surface area (Å²) < 4.78 is 16.4. The fourth-order valence-electron chi connectivity index (χ4n) is 2.81. The van der Waals surface area contributed by atoms with E-state index in [0.717, 1.165) is 6.07 Å². The molecular formula is C20H20O7. The molecule has 0 saturated carbocycles. The highest BCUT2D eigenvalue weighted by Gasteiger charge is 2.31. The number of hydrogen-bond donors (Lipinski definition) is 2. The molecule has 1 aliphatic heterocycles. The van der Waals surface area contributed by atoms with Crippen LogP contribution in [0, 0.1) is 5.92 Å². The summed E-state index contributed by atoms with van der Waals surface area (Å²) >= 11 is 0. The minimum absolute atomic E-state index is 0.0135. The van der Waals surface area contributed by atoms with E-state index in [0.29, 0.717) is 11.3 Å². The Morgan fingerprint density at radius 3 is 2.59 bits per heavy atom. The van der Waals surface area contributed by atoms with E-state index in [1.165, 1.54) is 13.2 Å². The summed E-state index contributed by atoms with van der Waals surface area (Å²) in [5.74, 6) is -0.762. The fraction of sp³-hybridized carbons (Fsp3) is 0.300. The zero-order chi connectivity index (χ0) is 19.7. The number of ether oxygens (including phenoxy) is 3. The summed E-state index contributed by atoms with van der Waals surface area (Å²) in [6.45, 7) is 3.46. The fourth-order valence-corrected chi connectivity index (χ4v) is 2.81. The maximum atomic E-state index is 12.4. The summed E-state index contributed by atoms with van der Waals surface area (Å²) in [6, 6.07) is 7.28. The van der Waals surface area contributed by atoms with Crippen molar-refractivity contribution in [1.82, 2.24) is 0 Å². The summed E-state index contributed by atoms with van der Waals surface area (Å²) in [5.41, 5.74) is 0.691. The zero-order valence-corrected chi connectivity index (χ0v) is 15.2. The van der Waals surface area contributed by atoms with Gasteiger partial charge in [0.25, 0.3) is 0 Å². The molecule has 0 bridgehead atoms. The third-order valence-corrected chi connectivity index (χ3v) is 4.23. The molecule has 1 atom stereocenters. The van der Waals surface area contributed by atoms with Gasteiger partial charge in [0, 0.05) is 12.1 Å². The highest BCUT2D eigenvalue weighted by molar-refractivity contribution is 6.02. The first-order valence-corrected chi connectivity index (χ1v) is 8.45. The SMILES string of the molecule is COc1cc([C@H]2CC(=O)c3c(O)cc(O)cc3O2)ccc1OC(=O)C(C)C. The lowest BCUT2D eigenvalue weighted by Gasteiger charge is -2.26. The van der Waals surface area contributed by atoms with Crippen LogP contribution < -0.4 is 14.2 Å². The van der Waals surface area contributed by atoms with Crippen LogP contribution in [0.25, 0.3) is 0 Å². The molecule has 0 fully saturated rings. The summed E-state index contributed by atoms with van der Waals surface area (Å²) in [5, 5.41) is 19.5. The van der Waals surface area contributed by atoms with Crippen LogP contribution >= 0.6 is 0 Å². The largest absolute Gasteiger partial charge is 0.508 e. The van der Waals surface area contributed by atoms with Crippen molar-refractivity contribution in [2.24, 2.45) is 5.92 Å². The van der Waals surface area contributed by atoms with Crippen molar-refractivity contribution in [1.29, 1.82) is 0 Å². The minimum atomic E-state index is -0.630. The molecule has 2 aromatic carbocycles. The average molecular weight is 372 g/mol. The van der Waals surface area contributed by atoms with Gasteiger partial charge in [0.05, 0.1) is 19.4 Å². The van der Waals surface area contributed by atoms with Gasteiger partial charge in [0.15, 0.2) is 17.3 Å². The third kappa shape index (κ3) is 3.67. The Bertz CT molecular complexity index is 901. The first-order chi connectivity index (χ1) is 12.8. The summed E-state index contributed by atoms with van der Waals surface area (Å²) in [4.78, 5) is 24.2. The van der Waals surface area contributed by atoms with Crippen LogP contribution in [0.4, 0.5) is 0 Å². The number of ketones is 1. The number of rotatable bonds is 4. The van der Waals surface area contributed by atoms with Gasteiger partial charge in [0.2, 0.25) is 0 Å². The van der Waals surface area contributed by atoms with E-state index < -0.39 is 6.10 Å². The Balaban J connectivity index is 1.91. The zero-order valence-electron chi connectivity index (χ0n) is 15.2. The van der Waals surface area contributed by atoms with Gasteiger partial charge in [-0.15, -0.1) is 0 Å². The second-order valence-electron chi connectivity index (χ2n) is 6.56. The van der Waals surface area contributed by atoms with E-state index in [1.807, 2.05) is 0 Å². The van der Waals surface area contributed by atoms with E-state index >= 15 is 0 Å². The molecule has 0 radical (unpaired) electrons. The molecular weight excluding hydrogens is 352 g/mol. The lowest BCUT2D eigenvalue weighted by atomic mass is 9.95. The number of methoxy groups -OCH3 is 1. The number of esters is 1. The van der Waals surface area contributed by atoms with Crippen molar-refractivity contribution in [2.45, 2.75) is 26.4 Å². The molecule has 142 valence electrons. The van der Waals surface area contributed by atoms with Crippen molar-refractivity contribution in [2.75, 3.05) is 7.11 Å². The minimum Gasteiger partial charge on any atom is -0.508 e. The molecule has 1 aliphatic rings. The Kier molecular flexibility index (Phi) is 4.94. The van der Waals surface area contributed by atoms with E-state index in [9.17, 15) is 19.8 Å². The number of fused-ring (bicyclic) bond motifs is 1. The lowest BCUT2D eigenvalue weighted by Crippen LogP contribution is -2.20. The number of hydrogen-bond acceptors (Lipinski definition) is 7. The molecule has 27 heavy (non-hydrogen) atoms. The monoisotopic (exact) mass is 372 g/mol. The van der Waals surface area contributed by atoms with Gasteiger partial charge >= 0.3 is 5.97 Å². The Hall–Kier alpha value is -3.22. The topological polar surface area (TPSA) is 102 Å². The lowest BCUT2D eigenvalue weighted by molar-refractivity contribution is -0.137. The summed E-state index contributed by atoms with van der Waals surface area (Å²) in [6.07, 6.45) is -0.616. The molecule has 0 amide bonds. The Morgan fingerprint density at radius 1 is 1.19 bits per heavy atom. The van der Waals surface area contributed by atoms with Crippen molar-refractivity contribution in [3.8, 4) is 28.7 Å². The van der Waals surface area contributed by atoms with Gasteiger partial charge in [0.1, 0.15) is 28.9 Å². The molecule has 3 rings (SSSR count). The molecule has 0 aliphatic carbocycles. The van der Waals surface area contributed by atoms with Crippen LogP contribution in [0.2, 0.25) is 0 Å². The van der Waals surface area contributed by atoms with Crippen molar-refractivity contribution < 1.29 is 34.0 Å². The molecule has 2 N–H and O–H groups in total. The number of phenols is 2. The number of Topliss-reactive ketones (excluding diaryl/α,β-unsaturated/α-hetero) is 1. The van der Waals surface area contributed by atoms with Crippen LogP contribution in [-0.4, -0.2) is 29.1 Å². The van der Waals surface area contributed by atoms with Gasteiger partial charge < -0.3 is 24.4 Å². The van der Waals surface area contributed by atoms with Crippen LogP contribution in [0.1, 0.15) is 42.3 Å². The van der Waals surface area contributed by atoms with Gasteiger partial charge in [-0.1, -0.05) is 19.9 Å². The number of phenolic OH excluding ortho intramolecular Hbond substituents is 2. The first-order valence-electron chi connectivity index (χ1n) is 8.45. The third-order valence-electron chi connectivity index (χ3n) is 4.23. The van der Waals surface area contributed by atoms with Crippen molar-refractivity contribution in [3.05, 3.63) is 41.5 Å². The second-order valence-corrected chi connectivity index (χ2v) is 6.56. The number of carbonyl (C=O) groups excluding carboxylic acids is 2. The normalized spacial score (nSPS) is 15.9. The van der Waals surface area contributed by atoms with E-state index in [1.54, 1.807) is 32.0 Å². The standard InChI is InChI=1S/C20H20O7/c1-10(2)20(24)27-15-5-4-11(6-17(15)25-3)16-9-14(23)19-13(22)7-12(21)8-18(19)26-16/h4-8,10,16,21-22H,9H2,1-3H3/t16-/m1/s1. The van der Waals surface area contributed by atoms with E-state index in [2.05, 4.69) is 0 Å². The van der Waals surface area contributed by atoms with E-state index in [4.69, 9.17) is 14.2 Å². The maximum absolute atomic E-state index is 12.4. The van der Waals surface area contributed by atoms with Gasteiger partial charge in [-0.3, -0.25) is 9.59 Å². The molecule has 1 heterocycles. The smallest absolute Gasteiger partial charge is 0.313 e. The molecule has 0 saturated heterocycles. The van der Waals surface area contributed by atoms with Crippen LogP contribution in [-0.2, 0) is 4.79 Å². The maximum Gasteiger partial charge on any atom is 0.313 e. The molecule has 0 spiro atoms. The van der Waals surface area contributed by atoms with E-state index in [-0.39, 0.29) is 52.7 Å². The predicted octanol–water partition coefficient (Wildman–Crippen LogP) is 3.37. The first kappa shape index (κ1) is 18.6.